The molecular formula is C11H18N2O4. The first kappa shape index (κ1) is 13.5. The van der Waals surface area contributed by atoms with E-state index in [1.807, 2.05) is 13.8 Å². The minimum atomic E-state index is -1.18. The van der Waals surface area contributed by atoms with Crippen LogP contribution in [0, 0.1) is 0 Å². The Balaban J connectivity index is 2.86. The van der Waals surface area contributed by atoms with E-state index in [0.29, 0.717) is 12.8 Å². The van der Waals surface area contributed by atoms with E-state index in [9.17, 15) is 14.4 Å². The van der Waals surface area contributed by atoms with Gasteiger partial charge in [0.2, 0.25) is 0 Å². The number of hydrogen-bond acceptors (Lipinski definition) is 3. The molecule has 0 saturated carbocycles. The average molecular weight is 242 g/mol. The van der Waals surface area contributed by atoms with Crippen molar-refractivity contribution in [1.82, 2.24) is 10.2 Å². The van der Waals surface area contributed by atoms with Crippen LogP contribution in [0.3, 0.4) is 0 Å². The van der Waals surface area contributed by atoms with E-state index < -0.39 is 30.0 Å². The Morgan fingerprint density at radius 3 is 2.53 bits per heavy atom. The maximum Gasteiger partial charge on any atom is 0.325 e. The van der Waals surface area contributed by atoms with E-state index in [1.165, 1.54) is 0 Å². The number of imide groups is 1. The number of carboxylic acid groups (broad SMARTS) is 1. The molecule has 1 heterocycles. The van der Waals surface area contributed by atoms with Gasteiger partial charge in [0.25, 0.3) is 5.91 Å². The van der Waals surface area contributed by atoms with Gasteiger partial charge >= 0.3 is 12.0 Å². The molecule has 1 aliphatic heterocycles. The number of carboxylic acids is 1. The zero-order valence-electron chi connectivity index (χ0n) is 10.2. The number of rotatable bonds is 6. The molecule has 17 heavy (non-hydrogen) atoms. The largest absolute Gasteiger partial charge is 0.480 e. The molecule has 1 fully saturated rings. The van der Waals surface area contributed by atoms with Crippen LogP contribution in [0.25, 0.3) is 0 Å². The van der Waals surface area contributed by atoms with Gasteiger partial charge in [0, 0.05) is 0 Å². The lowest BCUT2D eigenvalue weighted by molar-refractivity contribution is -0.143. The topological polar surface area (TPSA) is 86.7 Å². The van der Waals surface area contributed by atoms with Crippen molar-refractivity contribution in [2.24, 2.45) is 0 Å². The van der Waals surface area contributed by atoms with Gasteiger partial charge < -0.3 is 10.4 Å². The fourth-order valence-corrected chi connectivity index (χ4v) is 2.02. The zero-order chi connectivity index (χ0) is 13.1. The van der Waals surface area contributed by atoms with Gasteiger partial charge in [-0.3, -0.25) is 14.5 Å². The van der Waals surface area contributed by atoms with Gasteiger partial charge in [0.05, 0.1) is 0 Å². The second-order valence-corrected chi connectivity index (χ2v) is 4.25. The average Bonchev–Trinajstić information content (AvgIpc) is 2.51. The Morgan fingerprint density at radius 1 is 1.41 bits per heavy atom. The third-order valence-electron chi connectivity index (χ3n) is 3.10. The van der Waals surface area contributed by atoms with Gasteiger partial charge in [0.1, 0.15) is 12.1 Å². The van der Waals surface area contributed by atoms with Crippen molar-refractivity contribution >= 4 is 17.9 Å². The summed E-state index contributed by atoms with van der Waals surface area (Å²) < 4.78 is 0. The highest BCUT2D eigenvalue weighted by atomic mass is 16.4. The van der Waals surface area contributed by atoms with E-state index >= 15 is 0 Å². The van der Waals surface area contributed by atoms with E-state index in [0.717, 1.165) is 17.7 Å². The number of urea groups is 1. The highest BCUT2D eigenvalue weighted by Gasteiger charge is 2.49. The first-order valence-corrected chi connectivity index (χ1v) is 5.82. The first-order chi connectivity index (χ1) is 7.96. The van der Waals surface area contributed by atoms with Crippen molar-refractivity contribution in [3.05, 3.63) is 0 Å². The van der Waals surface area contributed by atoms with Crippen molar-refractivity contribution in [2.45, 2.75) is 45.1 Å². The predicted octanol–water partition coefficient (Wildman–Crippen LogP) is 0.962. The van der Waals surface area contributed by atoms with Gasteiger partial charge in [-0.2, -0.15) is 0 Å². The van der Waals surface area contributed by atoms with E-state index in [2.05, 4.69) is 5.32 Å². The Hall–Kier alpha value is -1.59. The van der Waals surface area contributed by atoms with Crippen molar-refractivity contribution in [2.75, 3.05) is 6.54 Å². The lowest BCUT2D eigenvalue weighted by Crippen LogP contribution is -2.46. The van der Waals surface area contributed by atoms with Crippen LogP contribution >= 0.6 is 0 Å². The summed E-state index contributed by atoms with van der Waals surface area (Å²) in [6, 6.07) is -0.602. The summed E-state index contributed by atoms with van der Waals surface area (Å²) in [5.74, 6) is -1.60. The van der Waals surface area contributed by atoms with E-state index in [-0.39, 0.29) is 0 Å². The van der Waals surface area contributed by atoms with Crippen molar-refractivity contribution in [3.8, 4) is 0 Å². The number of carbonyl (C=O) groups is 3. The van der Waals surface area contributed by atoms with Crippen LogP contribution < -0.4 is 5.32 Å². The van der Waals surface area contributed by atoms with Gasteiger partial charge in [-0.1, -0.05) is 26.7 Å². The third-order valence-corrected chi connectivity index (χ3v) is 3.10. The summed E-state index contributed by atoms with van der Waals surface area (Å²) in [5, 5.41) is 11.3. The fourth-order valence-electron chi connectivity index (χ4n) is 2.02. The van der Waals surface area contributed by atoms with Gasteiger partial charge in [-0.25, -0.2) is 4.79 Å². The third kappa shape index (κ3) is 2.57. The normalized spacial score (nSPS) is 24.0. The van der Waals surface area contributed by atoms with Crippen LogP contribution in [0.5, 0.6) is 0 Å². The molecule has 0 aromatic heterocycles. The molecule has 3 amide bonds. The summed E-state index contributed by atoms with van der Waals surface area (Å²) >= 11 is 0. The molecule has 6 heteroatoms. The quantitative estimate of drug-likeness (QED) is 0.679. The molecule has 0 aromatic carbocycles. The molecule has 6 nitrogen and oxygen atoms in total. The Kier molecular flexibility index (Phi) is 4.09. The summed E-state index contributed by atoms with van der Waals surface area (Å²) in [6.07, 6.45) is 2.78. The highest BCUT2D eigenvalue weighted by Crippen LogP contribution is 2.26. The van der Waals surface area contributed by atoms with Crippen LogP contribution in [0.15, 0.2) is 0 Å². The van der Waals surface area contributed by atoms with Crippen LogP contribution in [-0.2, 0) is 9.59 Å². The first-order valence-electron chi connectivity index (χ1n) is 5.82. The SMILES string of the molecule is CCCCC1(CC)NC(=O)N(CC(=O)O)C1=O. The summed E-state index contributed by atoms with van der Waals surface area (Å²) in [5.41, 5.74) is -0.900. The molecule has 1 saturated heterocycles. The molecule has 2 N–H and O–H groups in total. The summed E-state index contributed by atoms with van der Waals surface area (Å²) in [4.78, 5) is 35.0. The zero-order valence-corrected chi connectivity index (χ0v) is 10.2. The number of aliphatic carboxylic acids is 1. The maximum atomic E-state index is 12.1. The van der Waals surface area contributed by atoms with Crippen LogP contribution in [0.2, 0.25) is 0 Å². The smallest absolute Gasteiger partial charge is 0.325 e. The van der Waals surface area contributed by atoms with Crippen molar-refractivity contribution in [3.63, 3.8) is 0 Å². The molecule has 1 rings (SSSR count). The minimum absolute atomic E-state index is 0.416. The maximum absolute atomic E-state index is 12.1. The van der Waals surface area contributed by atoms with Gasteiger partial charge in [-0.05, 0) is 12.8 Å². The monoisotopic (exact) mass is 242 g/mol. The second kappa shape index (κ2) is 5.16. The molecule has 1 aliphatic rings. The Bertz CT molecular complexity index is 342. The molecule has 1 unspecified atom stereocenters. The lowest BCUT2D eigenvalue weighted by atomic mass is 9.90. The molecule has 0 spiro atoms. The molecule has 0 aliphatic carbocycles. The van der Waals surface area contributed by atoms with Crippen LogP contribution in [-0.4, -0.2) is 40.0 Å². The summed E-state index contributed by atoms with van der Waals surface area (Å²) in [7, 11) is 0. The predicted molar refractivity (Wildman–Crippen MR) is 60.4 cm³/mol. The number of unbranched alkanes of at least 4 members (excludes halogenated alkanes) is 1. The van der Waals surface area contributed by atoms with Gasteiger partial charge in [0.15, 0.2) is 0 Å². The van der Waals surface area contributed by atoms with Crippen LogP contribution in [0.4, 0.5) is 4.79 Å². The number of nitrogens with zero attached hydrogens (tertiary/aromatic N) is 1. The van der Waals surface area contributed by atoms with E-state index in [1.54, 1.807) is 0 Å². The van der Waals surface area contributed by atoms with Crippen LogP contribution in [0.1, 0.15) is 39.5 Å². The van der Waals surface area contributed by atoms with Crippen molar-refractivity contribution in [1.29, 1.82) is 0 Å². The standard InChI is InChI=1S/C11H18N2O4/c1-3-5-6-11(4-2)9(16)13(7-8(14)15)10(17)12-11/h3-7H2,1-2H3,(H,12,17)(H,14,15). The molecule has 0 radical (unpaired) electrons. The van der Waals surface area contributed by atoms with Gasteiger partial charge in [-0.15, -0.1) is 0 Å². The number of carbonyl (C=O) groups excluding carboxylic acids is 2. The molecule has 96 valence electrons. The molecule has 1 atom stereocenters. The Labute approximate surface area is 100.0 Å². The number of hydrogen-bond donors (Lipinski definition) is 2. The number of amides is 3. The van der Waals surface area contributed by atoms with E-state index in [4.69, 9.17) is 5.11 Å². The molecule has 0 bridgehead atoms. The lowest BCUT2D eigenvalue weighted by Gasteiger charge is -2.24. The molecule has 0 aromatic rings. The Morgan fingerprint density at radius 2 is 2.06 bits per heavy atom. The molecular weight excluding hydrogens is 224 g/mol. The fraction of sp³-hybridized carbons (Fsp3) is 0.727. The summed E-state index contributed by atoms with van der Waals surface area (Å²) in [6.45, 7) is 3.25. The highest BCUT2D eigenvalue weighted by molar-refractivity contribution is 6.08. The second-order valence-electron chi connectivity index (χ2n) is 4.25. The number of nitrogens with one attached hydrogen (secondary N) is 1. The minimum Gasteiger partial charge on any atom is -0.480 e. The van der Waals surface area contributed by atoms with Crippen molar-refractivity contribution < 1.29 is 19.5 Å².